The number of hydrogen-bond donors (Lipinski definition) is 2. The maximum absolute atomic E-state index is 9.61. The van der Waals surface area contributed by atoms with E-state index in [2.05, 4.69) is 63.8 Å². The molecule has 0 spiro atoms. The van der Waals surface area contributed by atoms with E-state index < -0.39 is 0 Å². The first-order valence-corrected chi connectivity index (χ1v) is 15.6. The number of ether oxygens (including phenoxy) is 2. The summed E-state index contributed by atoms with van der Waals surface area (Å²) >= 11 is 7.68. The highest BCUT2D eigenvalue weighted by Gasteiger charge is 2.27. The van der Waals surface area contributed by atoms with Gasteiger partial charge in [-0.1, -0.05) is 36.4 Å². The Bertz CT molecular complexity index is 1510. The summed E-state index contributed by atoms with van der Waals surface area (Å²) in [5.41, 5.74) is 6.93. The van der Waals surface area contributed by atoms with E-state index in [1.807, 2.05) is 24.3 Å². The second-order valence-corrected chi connectivity index (χ2v) is 12.4. The van der Waals surface area contributed by atoms with Crippen LogP contribution in [0.3, 0.4) is 0 Å². The molecule has 0 saturated carbocycles. The fraction of sp³-hybridized carbons (Fsp3) is 0.355. The fourth-order valence-corrected chi connectivity index (χ4v) is 6.61. The van der Waals surface area contributed by atoms with E-state index >= 15 is 0 Å². The van der Waals surface area contributed by atoms with Gasteiger partial charge in [0.2, 0.25) is 11.8 Å². The van der Waals surface area contributed by atoms with Crippen molar-refractivity contribution in [2.75, 3.05) is 40.4 Å². The summed E-state index contributed by atoms with van der Waals surface area (Å²) in [6, 6.07) is 12.2. The maximum atomic E-state index is 9.61. The number of methoxy groups -OCH3 is 2. The first-order chi connectivity index (χ1) is 20.8. The second kappa shape index (κ2) is 12.9. The summed E-state index contributed by atoms with van der Waals surface area (Å²) in [5, 5.41) is 19.2. The lowest BCUT2D eigenvalue weighted by Crippen LogP contribution is -2.50. The smallest absolute Gasteiger partial charge is 0.237 e. The molecule has 0 bridgehead atoms. The Morgan fingerprint density at radius 1 is 0.721 bits per heavy atom. The molecule has 0 radical (unpaired) electrons. The van der Waals surface area contributed by atoms with Gasteiger partial charge >= 0.3 is 0 Å². The molecule has 2 saturated heterocycles. The van der Waals surface area contributed by atoms with Crippen LogP contribution in [0.1, 0.15) is 22.5 Å². The van der Waals surface area contributed by atoms with Crippen molar-refractivity contribution in [1.29, 1.82) is 0 Å². The molecule has 0 unspecified atom stereocenters. The van der Waals surface area contributed by atoms with Crippen LogP contribution in [0.4, 0.5) is 0 Å². The Morgan fingerprint density at radius 3 is 1.51 bits per heavy atom. The fourth-order valence-electron chi connectivity index (χ4n) is 5.40. The molecule has 2 fully saturated rings. The molecule has 2 aliphatic rings. The molecule has 2 N–H and O–H groups in total. The summed E-state index contributed by atoms with van der Waals surface area (Å²) in [5.74, 6) is 0.966. The number of benzene rings is 2. The molecule has 2 aliphatic heterocycles. The molecule has 43 heavy (non-hydrogen) atoms. The van der Waals surface area contributed by atoms with Gasteiger partial charge in [0, 0.05) is 59.3 Å². The average Bonchev–Trinajstić information content (AvgIpc) is 2.98. The molecule has 0 aliphatic carbocycles. The lowest BCUT2D eigenvalue weighted by atomic mass is 9.99. The number of halogens is 2. The number of hydrogen-bond acceptors (Lipinski definition) is 10. The SMILES string of the molecule is COc1nc(-c2cccc(Cc3cccc(-c4cnc(CN5CC(O)C5)c(OC)n4)c3Br)c2Br)cnc1CN1CC(O)C1. The van der Waals surface area contributed by atoms with E-state index in [4.69, 9.17) is 19.4 Å². The molecule has 0 amide bonds. The van der Waals surface area contributed by atoms with Crippen molar-refractivity contribution in [1.82, 2.24) is 29.7 Å². The van der Waals surface area contributed by atoms with Crippen molar-refractivity contribution in [2.24, 2.45) is 0 Å². The van der Waals surface area contributed by atoms with E-state index in [0.29, 0.717) is 68.8 Å². The molecule has 10 nitrogen and oxygen atoms in total. The van der Waals surface area contributed by atoms with Gasteiger partial charge in [0.1, 0.15) is 11.4 Å². The van der Waals surface area contributed by atoms with Gasteiger partial charge < -0.3 is 19.7 Å². The molecular formula is C31H32Br2N6O4. The number of rotatable bonds is 10. The lowest BCUT2D eigenvalue weighted by molar-refractivity contribution is -0.00422. The first kappa shape index (κ1) is 30.0. The minimum Gasteiger partial charge on any atom is -0.480 e. The van der Waals surface area contributed by atoms with Gasteiger partial charge in [0.15, 0.2) is 0 Å². The zero-order valence-corrected chi connectivity index (χ0v) is 27.0. The number of nitrogens with zero attached hydrogens (tertiary/aromatic N) is 6. The number of aromatic nitrogens is 4. The third-order valence-corrected chi connectivity index (χ3v) is 9.60. The largest absolute Gasteiger partial charge is 0.480 e. The van der Waals surface area contributed by atoms with Gasteiger partial charge in [-0.2, -0.15) is 0 Å². The van der Waals surface area contributed by atoms with Crippen molar-refractivity contribution in [2.45, 2.75) is 31.7 Å². The lowest BCUT2D eigenvalue weighted by Gasteiger charge is -2.35. The summed E-state index contributed by atoms with van der Waals surface area (Å²) in [6.07, 6.45) is 3.65. The zero-order chi connectivity index (χ0) is 30.1. The van der Waals surface area contributed by atoms with E-state index in [1.165, 1.54) is 0 Å². The molecule has 2 aromatic carbocycles. The number of aliphatic hydroxyl groups is 2. The monoisotopic (exact) mass is 710 g/mol. The topological polar surface area (TPSA) is 117 Å². The zero-order valence-electron chi connectivity index (χ0n) is 23.9. The summed E-state index contributed by atoms with van der Waals surface area (Å²) in [4.78, 5) is 23.1. The molecule has 4 aromatic rings. The van der Waals surface area contributed by atoms with Crippen molar-refractivity contribution in [3.8, 4) is 34.3 Å². The van der Waals surface area contributed by atoms with E-state index in [9.17, 15) is 10.2 Å². The van der Waals surface area contributed by atoms with Gasteiger partial charge in [-0.05, 0) is 49.4 Å². The van der Waals surface area contributed by atoms with Gasteiger partial charge in [-0.25, -0.2) is 9.97 Å². The van der Waals surface area contributed by atoms with Crippen LogP contribution in [-0.4, -0.2) is 92.6 Å². The third-order valence-electron chi connectivity index (χ3n) is 7.72. The second-order valence-electron chi connectivity index (χ2n) is 10.9. The summed E-state index contributed by atoms with van der Waals surface area (Å²) in [7, 11) is 3.20. The molecule has 224 valence electrons. The third kappa shape index (κ3) is 6.45. The standard InChI is InChI=1S/C31H32Br2N6O4/c1-42-30-26(16-38-12-20(40)13-38)34-10-24(36-30)22-7-3-5-18(28(22)32)9-19-6-4-8-23(29(19)33)25-11-35-27(31(37-25)43-2)17-39-14-21(41)15-39/h3-8,10-11,20-21,40-41H,9,12-17H2,1-2H3. The molecule has 0 atom stereocenters. The number of likely N-dealkylation sites (tertiary alicyclic amines) is 2. The van der Waals surface area contributed by atoms with Gasteiger partial charge in [0.25, 0.3) is 0 Å². The van der Waals surface area contributed by atoms with Crippen LogP contribution < -0.4 is 9.47 Å². The van der Waals surface area contributed by atoms with Crippen LogP contribution in [0.25, 0.3) is 22.5 Å². The van der Waals surface area contributed by atoms with Crippen molar-refractivity contribution >= 4 is 31.9 Å². The quantitative estimate of drug-likeness (QED) is 0.249. The normalized spacial score (nSPS) is 16.1. The number of aliphatic hydroxyl groups excluding tert-OH is 2. The molecule has 6 rings (SSSR count). The molecule has 4 heterocycles. The van der Waals surface area contributed by atoms with Crippen LogP contribution >= 0.6 is 31.9 Å². The highest BCUT2D eigenvalue weighted by atomic mass is 79.9. The van der Waals surface area contributed by atoms with Crippen molar-refractivity contribution in [3.63, 3.8) is 0 Å². The Kier molecular flexibility index (Phi) is 9.03. The molecule has 2 aromatic heterocycles. The van der Waals surface area contributed by atoms with Crippen LogP contribution in [0.5, 0.6) is 11.8 Å². The minimum atomic E-state index is -0.273. The van der Waals surface area contributed by atoms with E-state index in [1.54, 1.807) is 26.6 Å². The minimum absolute atomic E-state index is 0.273. The Hall–Kier alpha value is -3.00. The highest BCUT2D eigenvalue weighted by molar-refractivity contribution is 9.11. The Morgan fingerprint density at radius 2 is 1.14 bits per heavy atom. The van der Waals surface area contributed by atoms with Crippen LogP contribution in [0.2, 0.25) is 0 Å². The van der Waals surface area contributed by atoms with Crippen LogP contribution in [0.15, 0.2) is 57.7 Å². The van der Waals surface area contributed by atoms with E-state index in [-0.39, 0.29) is 12.2 Å². The van der Waals surface area contributed by atoms with Crippen molar-refractivity contribution < 1.29 is 19.7 Å². The van der Waals surface area contributed by atoms with Crippen LogP contribution in [0, 0.1) is 0 Å². The summed E-state index contributed by atoms with van der Waals surface area (Å²) < 4.78 is 13.0. The maximum Gasteiger partial charge on any atom is 0.237 e. The first-order valence-electron chi connectivity index (χ1n) is 14.0. The average molecular weight is 712 g/mol. The Labute approximate surface area is 267 Å². The van der Waals surface area contributed by atoms with E-state index in [0.717, 1.165) is 42.6 Å². The van der Waals surface area contributed by atoms with Gasteiger partial charge in [-0.15, -0.1) is 0 Å². The molecular weight excluding hydrogens is 680 g/mol. The predicted octanol–water partition coefficient (Wildman–Crippen LogP) is 4.09. The van der Waals surface area contributed by atoms with Gasteiger partial charge in [0.05, 0.1) is 50.2 Å². The molecule has 12 heteroatoms. The van der Waals surface area contributed by atoms with Gasteiger partial charge in [-0.3, -0.25) is 19.8 Å². The van der Waals surface area contributed by atoms with Crippen LogP contribution in [-0.2, 0) is 19.5 Å². The highest BCUT2D eigenvalue weighted by Crippen LogP contribution is 2.36. The Balaban J connectivity index is 1.24. The number of β-amino-alcohol motifs (C(OH)–C–C–N with tert-alkyl or cyclic N) is 2. The predicted molar refractivity (Wildman–Crippen MR) is 169 cm³/mol. The summed E-state index contributed by atoms with van der Waals surface area (Å²) in [6.45, 7) is 3.70. The van der Waals surface area contributed by atoms with Crippen molar-refractivity contribution in [3.05, 3.63) is 80.3 Å².